The highest BCUT2D eigenvalue weighted by molar-refractivity contribution is 9.10. The number of Topliss-reactive ketones (excluding diaryl/α,β-unsaturated/α-hetero) is 2. The number of methoxy groups -OCH3 is 1. The van der Waals surface area contributed by atoms with Crippen molar-refractivity contribution in [1.29, 1.82) is 0 Å². The molecular formula is C14H15BrN4O3. The Morgan fingerprint density at radius 3 is 2.73 bits per heavy atom. The van der Waals surface area contributed by atoms with Gasteiger partial charge in [0, 0.05) is 6.42 Å². The Kier molecular flexibility index (Phi) is 5.37. The Hall–Kier alpha value is -2.09. The SMILES string of the molecule is COc1cc(CC(=O)CC(=O)Cn2nnc(C)n2)ccc1Br. The highest BCUT2D eigenvalue weighted by Crippen LogP contribution is 2.25. The van der Waals surface area contributed by atoms with Gasteiger partial charge in [0.1, 0.15) is 18.1 Å². The Bertz CT molecular complexity index is 699. The number of halogens is 1. The number of rotatable bonds is 7. The summed E-state index contributed by atoms with van der Waals surface area (Å²) in [5, 5.41) is 11.3. The number of hydrogen-bond acceptors (Lipinski definition) is 6. The summed E-state index contributed by atoms with van der Waals surface area (Å²) >= 11 is 3.35. The zero-order valence-corrected chi connectivity index (χ0v) is 13.8. The van der Waals surface area contributed by atoms with Gasteiger partial charge in [-0.05, 0) is 45.8 Å². The molecule has 22 heavy (non-hydrogen) atoms. The quantitative estimate of drug-likeness (QED) is 0.690. The lowest BCUT2D eigenvalue weighted by molar-refractivity contribution is -0.127. The molecule has 2 aromatic rings. The highest BCUT2D eigenvalue weighted by atomic mass is 79.9. The van der Waals surface area contributed by atoms with Gasteiger partial charge in [0.2, 0.25) is 0 Å². The fourth-order valence-corrected chi connectivity index (χ4v) is 2.34. The van der Waals surface area contributed by atoms with Crippen LogP contribution in [0.15, 0.2) is 22.7 Å². The molecule has 116 valence electrons. The van der Waals surface area contributed by atoms with E-state index in [1.807, 2.05) is 12.1 Å². The van der Waals surface area contributed by atoms with Crippen LogP contribution in [-0.4, -0.2) is 38.9 Å². The van der Waals surface area contributed by atoms with Crippen LogP contribution in [0.2, 0.25) is 0 Å². The van der Waals surface area contributed by atoms with Crippen molar-refractivity contribution >= 4 is 27.5 Å². The van der Waals surface area contributed by atoms with Crippen LogP contribution >= 0.6 is 15.9 Å². The molecule has 0 unspecified atom stereocenters. The van der Waals surface area contributed by atoms with E-state index >= 15 is 0 Å². The molecule has 0 bridgehead atoms. The summed E-state index contributed by atoms with van der Waals surface area (Å²) in [6.45, 7) is 1.64. The Balaban J connectivity index is 1.91. The third-order valence-corrected chi connectivity index (χ3v) is 3.54. The molecule has 0 aliphatic carbocycles. The van der Waals surface area contributed by atoms with Gasteiger partial charge in [-0.1, -0.05) is 6.07 Å². The summed E-state index contributed by atoms with van der Waals surface area (Å²) in [7, 11) is 1.56. The van der Waals surface area contributed by atoms with Gasteiger partial charge in [0.15, 0.2) is 11.6 Å². The van der Waals surface area contributed by atoms with Crippen molar-refractivity contribution in [2.75, 3.05) is 7.11 Å². The Labute approximate surface area is 135 Å². The number of ketones is 2. The minimum absolute atomic E-state index is 0.0454. The van der Waals surface area contributed by atoms with Crippen molar-refractivity contribution < 1.29 is 14.3 Å². The van der Waals surface area contributed by atoms with Crippen LogP contribution in [0.1, 0.15) is 17.8 Å². The van der Waals surface area contributed by atoms with Gasteiger partial charge in [0.25, 0.3) is 0 Å². The first-order chi connectivity index (χ1) is 10.5. The summed E-state index contributed by atoms with van der Waals surface area (Å²) in [6, 6.07) is 5.40. The van der Waals surface area contributed by atoms with Crippen LogP contribution in [0, 0.1) is 6.92 Å². The van der Waals surface area contributed by atoms with Gasteiger partial charge in [-0.3, -0.25) is 9.59 Å². The predicted molar refractivity (Wildman–Crippen MR) is 81.6 cm³/mol. The topological polar surface area (TPSA) is 87.0 Å². The average Bonchev–Trinajstić information content (AvgIpc) is 2.85. The first-order valence-electron chi connectivity index (χ1n) is 6.58. The third kappa shape index (κ3) is 4.45. The van der Waals surface area contributed by atoms with Gasteiger partial charge in [0.05, 0.1) is 18.0 Å². The predicted octanol–water partition coefficient (Wildman–Crippen LogP) is 1.52. The van der Waals surface area contributed by atoms with Crippen LogP contribution in [-0.2, 0) is 22.6 Å². The number of hydrogen-bond donors (Lipinski definition) is 0. The third-order valence-electron chi connectivity index (χ3n) is 2.88. The van der Waals surface area contributed by atoms with E-state index in [1.165, 1.54) is 4.80 Å². The van der Waals surface area contributed by atoms with E-state index in [4.69, 9.17) is 4.74 Å². The summed E-state index contributed by atoms with van der Waals surface area (Å²) in [5.41, 5.74) is 0.799. The lowest BCUT2D eigenvalue weighted by Gasteiger charge is -2.06. The minimum atomic E-state index is -0.244. The summed E-state index contributed by atoms with van der Waals surface area (Å²) in [5.74, 6) is 0.734. The summed E-state index contributed by atoms with van der Waals surface area (Å²) in [6.07, 6.45) is 0.0260. The van der Waals surface area contributed by atoms with Crippen LogP contribution in [0.4, 0.5) is 0 Å². The Morgan fingerprint density at radius 2 is 2.09 bits per heavy atom. The fourth-order valence-electron chi connectivity index (χ4n) is 1.93. The van der Waals surface area contributed by atoms with Crippen LogP contribution in [0.3, 0.4) is 0 Å². The fraction of sp³-hybridized carbons (Fsp3) is 0.357. The van der Waals surface area contributed by atoms with E-state index in [0.29, 0.717) is 11.6 Å². The molecule has 0 radical (unpaired) electrons. The van der Waals surface area contributed by atoms with Crippen molar-refractivity contribution in [2.45, 2.75) is 26.3 Å². The second kappa shape index (κ2) is 7.26. The second-order valence-corrected chi connectivity index (χ2v) is 5.62. The van der Waals surface area contributed by atoms with Gasteiger partial charge in [-0.2, -0.15) is 4.80 Å². The molecule has 0 spiro atoms. The Morgan fingerprint density at radius 1 is 1.32 bits per heavy atom. The van der Waals surface area contributed by atoms with Crippen molar-refractivity contribution in [3.63, 3.8) is 0 Å². The van der Waals surface area contributed by atoms with E-state index in [0.717, 1.165) is 10.0 Å². The van der Waals surface area contributed by atoms with Crippen LogP contribution < -0.4 is 4.74 Å². The highest BCUT2D eigenvalue weighted by Gasteiger charge is 2.13. The van der Waals surface area contributed by atoms with Gasteiger partial charge in [-0.25, -0.2) is 0 Å². The van der Waals surface area contributed by atoms with Gasteiger partial charge in [-0.15, -0.1) is 10.2 Å². The van der Waals surface area contributed by atoms with Crippen molar-refractivity contribution in [2.24, 2.45) is 0 Å². The van der Waals surface area contributed by atoms with E-state index < -0.39 is 0 Å². The lowest BCUT2D eigenvalue weighted by atomic mass is 10.1. The standard InChI is InChI=1S/C14H15BrN4O3/c1-9-16-18-19(17-9)8-12(21)7-11(20)5-10-3-4-13(15)14(6-10)22-2/h3-4,6H,5,7-8H2,1-2H3. The first-order valence-corrected chi connectivity index (χ1v) is 7.37. The van der Waals surface area contributed by atoms with Gasteiger partial charge >= 0.3 is 0 Å². The first kappa shape index (κ1) is 16.3. The number of aromatic nitrogens is 4. The maximum Gasteiger partial charge on any atom is 0.171 e. The van der Waals surface area contributed by atoms with E-state index in [9.17, 15) is 9.59 Å². The molecule has 8 heteroatoms. The number of aryl methyl sites for hydroxylation is 1. The maximum absolute atomic E-state index is 12.0. The summed E-state index contributed by atoms with van der Waals surface area (Å²) < 4.78 is 5.99. The van der Waals surface area contributed by atoms with Crippen LogP contribution in [0.5, 0.6) is 5.75 Å². The number of carbonyl (C=O) groups excluding carboxylic acids is 2. The lowest BCUT2D eigenvalue weighted by Crippen LogP contribution is -2.17. The maximum atomic E-state index is 12.0. The number of tetrazole rings is 1. The minimum Gasteiger partial charge on any atom is -0.496 e. The van der Waals surface area contributed by atoms with Crippen molar-refractivity contribution in [3.8, 4) is 5.75 Å². The second-order valence-electron chi connectivity index (χ2n) is 4.77. The molecule has 0 N–H and O–H groups in total. The molecule has 7 nitrogen and oxygen atoms in total. The molecule has 0 saturated carbocycles. The normalized spacial score (nSPS) is 10.5. The molecule has 1 aromatic heterocycles. The zero-order chi connectivity index (χ0) is 16.1. The molecular weight excluding hydrogens is 352 g/mol. The molecule has 0 aliphatic rings. The molecule has 0 aliphatic heterocycles. The number of carbonyl (C=O) groups is 2. The van der Waals surface area contributed by atoms with E-state index in [1.54, 1.807) is 20.1 Å². The number of benzene rings is 1. The molecule has 0 atom stereocenters. The van der Waals surface area contributed by atoms with E-state index in [-0.39, 0.29) is 31.0 Å². The largest absolute Gasteiger partial charge is 0.496 e. The van der Waals surface area contributed by atoms with Crippen LogP contribution in [0.25, 0.3) is 0 Å². The zero-order valence-electron chi connectivity index (χ0n) is 12.2. The van der Waals surface area contributed by atoms with Crippen molar-refractivity contribution in [3.05, 3.63) is 34.1 Å². The summed E-state index contributed by atoms with van der Waals surface area (Å²) in [4.78, 5) is 25.0. The smallest absolute Gasteiger partial charge is 0.171 e. The average molecular weight is 367 g/mol. The van der Waals surface area contributed by atoms with Gasteiger partial charge < -0.3 is 4.74 Å². The molecule has 1 aromatic carbocycles. The molecule has 2 rings (SSSR count). The number of ether oxygens (including phenoxy) is 1. The van der Waals surface area contributed by atoms with E-state index in [2.05, 4.69) is 31.3 Å². The molecule has 0 amide bonds. The molecule has 0 fully saturated rings. The van der Waals surface area contributed by atoms with Crippen molar-refractivity contribution in [1.82, 2.24) is 20.2 Å². The molecule has 1 heterocycles. The monoisotopic (exact) mass is 366 g/mol. The number of nitrogens with zero attached hydrogens (tertiary/aromatic N) is 4. The molecule has 0 saturated heterocycles.